The fourth-order valence-electron chi connectivity index (χ4n) is 2.39. The first-order chi connectivity index (χ1) is 7.94. The minimum atomic E-state index is -1.27. The summed E-state index contributed by atoms with van der Waals surface area (Å²) in [7, 11) is 0. The van der Waals surface area contributed by atoms with Crippen molar-refractivity contribution in [2.24, 2.45) is 5.73 Å². The van der Waals surface area contributed by atoms with E-state index in [1.54, 1.807) is 0 Å². The van der Waals surface area contributed by atoms with Crippen molar-refractivity contribution in [3.8, 4) is 0 Å². The van der Waals surface area contributed by atoms with E-state index in [9.17, 15) is 13.9 Å². The van der Waals surface area contributed by atoms with E-state index in [-0.39, 0.29) is 17.2 Å². The van der Waals surface area contributed by atoms with Gasteiger partial charge >= 0.3 is 0 Å². The monoisotopic (exact) mass is 241 g/mol. The first kappa shape index (κ1) is 12.5. The van der Waals surface area contributed by atoms with Crippen LogP contribution in [0, 0.1) is 18.6 Å². The molecule has 0 aromatic heterocycles. The summed E-state index contributed by atoms with van der Waals surface area (Å²) in [5.74, 6) is -1.80. The summed E-state index contributed by atoms with van der Waals surface area (Å²) in [4.78, 5) is 0. The second kappa shape index (κ2) is 4.35. The van der Waals surface area contributed by atoms with E-state index in [1.807, 2.05) is 0 Å². The number of rotatable bonds is 1. The van der Waals surface area contributed by atoms with E-state index in [2.05, 4.69) is 0 Å². The Morgan fingerprint density at radius 2 is 1.82 bits per heavy atom. The summed E-state index contributed by atoms with van der Waals surface area (Å²) < 4.78 is 27.3. The molecular formula is C13H17F2NO. The van der Waals surface area contributed by atoms with Crippen LogP contribution in [0.2, 0.25) is 0 Å². The van der Waals surface area contributed by atoms with Crippen molar-refractivity contribution < 1.29 is 13.9 Å². The second-order valence-corrected chi connectivity index (χ2v) is 4.93. The van der Waals surface area contributed by atoms with Crippen LogP contribution in [-0.2, 0) is 5.60 Å². The van der Waals surface area contributed by atoms with Crippen LogP contribution in [0.15, 0.2) is 12.1 Å². The molecule has 0 bridgehead atoms. The Hall–Kier alpha value is -1.00. The zero-order valence-corrected chi connectivity index (χ0v) is 9.84. The van der Waals surface area contributed by atoms with E-state index >= 15 is 0 Å². The molecule has 17 heavy (non-hydrogen) atoms. The highest BCUT2D eigenvalue weighted by molar-refractivity contribution is 5.30. The van der Waals surface area contributed by atoms with Gasteiger partial charge in [-0.3, -0.25) is 0 Å². The van der Waals surface area contributed by atoms with Gasteiger partial charge in [-0.05, 0) is 38.2 Å². The lowest BCUT2D eigenvalue weighted by atomic mass is 9.77. The number of halogens is 2. The van der Waals surface area contributed by atoms with Gasteiger partial charge in [0.25, 0.3) is 0 Å². The van der Waals surface area contributed by atoms with Crippen LogP contribution in [-0.4, -0.2) is 11.1 Å². The molecule has 2 rings (SSSR count). The van der Waals surface area contributed by atoms with Gasteiger partial charge in [0, 0.05) is 11.6 Å². The van der Waals surface area contributed by atoms with Crippen molar-refractivity contribution in [3.63, 3.8) is 0 Å². The predicted molar refractivity (Wildman–Crippen MR) is 61.4 cm³/mol. The van der Waals surface area contributed by atoms with Crippen molar-refractivity contribution in [2.75, 3.05) is 0 Å². The number of aryl methyl sites for hydroxylation is 1. The molecule has 3 N–H and O–H groups in total. The molecule has 1 saturated carbocycles. The summed E-state index contributed by atoms with van der Waals surface area (Å²) in [6.45, 7) is 1.50. The van der Waals surface area contributed by atoms with Crippen LogP contribution in [0.5, 0.6) is 0 Å². The third-order valence-electron chi connectivity index (χ3n) is 3.63. The minimum absolute atomic E-state index is 0.0497. The van der Waals surface area contributed by atoms with E-state index in [0.717, 1.165) is 0 Å². The molecule has 0 radical (unpaired) electrons. The minimum Gasteiger partial charge on any atom is -0.385 e. The molecule has 1 aromatic carbocycles. The summed E-state index contributed by atoms with van der Waals surface area (Å²) in [6.07, 6.45) is 2.03. The Balaban J connectivity index is 2.37. The molecule has 0 heterocycles. The Bertz CT molecular complexity index is 426. The van der Waals surface area contributed by atoms with Crippen LogP contribution in [0.4, 0.5) is 8.78 Å². The first-order valence-corrected chi connectivity index (χ1v) is 5.87. The summed E-state index contributed by atoms with van der Waals surface area (Å²) in [5, 5.41) is 10.4. The van der Waals surface area contributed by atoms with Gasteiger partial charge in [-0.25, -0.2) is 8.78 Å². The normalized spacial score (nSPS) is 29.4. The van der Waals surface area contributed by atoms with Crippen molar-refractivity contribution >= 4 is 0 Å². The number of nitrogens with two attached hydrogens (primary N) is 1. The topological polar surface area (TPSA) is 46.2 Å². The van der Waals surface area contributed by atoms with Gasteiger partial charge < -0.3 is 10.8 Å². The Labute approximate surface area is 99.4 Å². The van der Waals surface area contributed by atoms with Gasteiger partial charge in [0.05, 0.1) is 5.60 Å². The third-order valence-corrected chi connectivity index (χ3v) is 3.63. The lowest BCUT2D eigenvalue weighted by molar-refractivity contribution is -0.00854. The first-order valence-electron chi connectivity index (χ1n) is 5.87. The maximum Gasteiger partial charge on any atom is 0.165 e. The molecule has 1 aliphatic carbocycles. The molecule has 0 saturated heterocycles. The molecule has 0 atom stereocenters. The molecular weight excluding hydrogens is 224 g/mol. The lowest BCUT2D eigenvalue weighted by Crippen LogP contribution is -2.37. The highest BCUT2D eigenvalue weighted by Crippen LogP contribution is 2.38. The number of aliphatic hydroxyl groups is 1. The van der Waals surface area contributed by atoms with Crippen molar-refractivity contribution in [1.29, 1.82) is 0 Å². The third kappa shape index (κ3) is 2.19. The van der Waals surface area contributed by atoms with Gasteiger partial charge in [-0.15, -0.1) is 0 Å². The average Bonchev–Trinajstić information content (AvgIpc) is 2.30. The average molecular weight is 241 g/mol. The molecule has 1 aliphatic rings. The molecule has 4 heteroatoms. The van der Waals surface area contributed by atoms with Gasteiger partial charge in [0.1, 0.15) is 0 Å². The molecule has 0 aliphatic heterocycles. The van der Waals surface area contributed by atoms with Crippen molar-refractivity contribution in [3.05, 3.63) is 34.9 Å². The molecule has 0 unspecified atom stereocenters. The van der Waals surface area contributed by atoms with E-state index in [4.69, 9.17) is 5.73 Å². The van der Waals surface area contributed by atoms with Gasteiger partial charge in [-0.1, -0.05) is 12.1 Å². The standard InChI is InChI=1S/C13H17F2NO/c1-8-2-3-10(12(15)11(8)14)13(17)6-4-9(16)5-7-13/h2-3,9,17H,4-7,16H2,1H3. The Kier molecular flexibility index (Phi) is 3.19. The number of benzene rings is 1. The van der Waals surface area contributed by atoms with Crippen LogP contribution < -0.4 is 5.73 Å². The molecule has 1 aromatic rings. The zero-order chi connectivity index (χ0) is 12.6. The van der Waals surface area contributed by atoms with E-state index in [0.29, 0.717) is 25.7 Å². The maximum absolute atomic E-state index is 13.8. The van der Waals surface area contributed by atoms with E-state index < -0.39 is 17.2 Å². The fraction of sp³-hybridized carbons (Fsp3) is 0.538. The largest absolute Gasteiger partial charge is 0.385 e. The van der Waals surface area contributed by atoms with Crippen LogP contribution >= 0.6 is 0 Å². The van der Waals surface area contributed by atoms with Crippen LogP contribution in [0.25, 0.3) is 0 Å². The number of hydrogen-bond donors (Lipinski definition) is 2. The summed E-state index contributed by atoms with van der Waals surface area (Å²) in [5.41, 5.74) is 4.79. The lowest BCUT2D eigenvalue weighted by Gasteiger charge is -2.35. The predicted octanol–water partition coefficient (Wildman–Crippen LogP) is 2.36. The fourth-order valence-corrected chi connectivity index (χ4v) is 2.39. The molecule has 1 fully saturated rings. The van der Waals surface area contributed by atoms with Crippen LogP contribution in [0.1, 0.15) is 36.8 Å². The maximum atomic E-state index is 13.8. The van der Waals surface area contributed by atoms with Gasteiger partial charge in [0.2, 0.25) is 0 Å². The zero-order valence-electron chi connectivity index (χ0n) is 9.84. The molecule has 0 spiro atoms. The second-order valence-electron chi connectivity index (χ2n) is 4.93. The van der Waals surface area contributed by atoms with Gasteiger partial charge in [0.15, 0.2) is 11.6 Å². The highest BCUT2D eigenvalue weighted by atomic mass is 19.2. The summed E-state index contributed by atoms with van der Waals surface area (Å²) >= 11 is 0. The summed E-state index contributed by atoms with van der Waals surface area (Å²) in [6, 6.07) is 3.03. The molecule has 94 valence electrons. The Morgan fingerprint density at radius 3 is 2.41 bits per heavy atom. The van der Waals surface area contributed by atoms with Crippen molar-refractivity contribution in [2.45, 2.75) is 44.2 Å². The highest BCUT2D eigenvalue weighted by Gasteiger charge is 2.36. The number of hydrogen-bond acceptors (Lipinski definition) is 2. The SMILES string of the molecule is Cc1ccc(C2(O)CCC(N)CC2)c(F)c1F. The molecule has 2 nitrogen and oxygen atoms in total. The van der Waals surface area contributed by atoms with Gasteiger partial charge in [-0.2, -0.15) is 0 Å². The van der Waals surface area contributed by atoms with Crippen LogP contribution in [0.3, 0.4) is 0 Å². The van der Waals surface area contributed by atoms with E-state index in [1.165, 1.54) is 19.1 Å². The smallest absolute Gasteiger partial charge is 0.165 e. The molecule has 0 amide bonds. The van der Waals surface area contributed by atoms with Crippen molar-refractivity contribution in [1.82, 2.24) is 0 Å². The Morgan fingerprint density at radius 1 is 1.24 bits per heavy atom. The quantitative estimate of drug-likeness (QED) is 0.793.